The topological polar surface area (TPSA) is 40.7 Å². The molecule has 0 unspecified atom stereocenters. The van der Waals surface area contributed by atoms with E-state index in [0.717, 1.165) is 29.0 Å². The van der Waals surface area contributed by atoms with Gasteiger partial charge in [0.05, 0.1) is 13.1 Å². The Morgan fingerprint density at radius 3 is 2.78 bits per heavy atom. The van der Waals surface area contributed by atoms with Crippen LogP contribution < -0.4 is 10.6 Å². The number of fused-ring (bicyclic) bond motifs is 2. The molecule has 0 bridgehead atoms. The molecule has 3 aromatic rings. The highest BCUT2D eigenvalue weighted by atomic mass is 35.5. The van der Waals surface area contributed by atoms with Crippen LogP contribution in [0.4, 0.5) is 5.69 Å². The van der Waals surface area contributed by atoms with Crippen LogP contribution in [0, 0.1) is 0 Å². The fraction of sp³-hybridized carbons (Fsp3) is 0.278. The van der Waals surface area contributed by atoms with Gasteiger partial charge in [-0.25, -0.2) is 4.98 Å². The van der Waals surface area contributed by atoms with E-state index in [1.165, 1.54) is 27.7 Å². The van der Waals surface area contributed by atoms with Gasteiger partial charge in [-0.1, -0.05) is 43.4 Å². The minimum atomic E-state index is -1.57. The Kier molecular flexibility index (Phi) is 3.29. The summed E-state index contributed by atoms with van der Waals surface area (Å²) in [6.45, 7) is 8.07. The molecule has 23 heavy (non-hydrogen) atoms. The lowest BCUT2D eigenvalue weighted by molar-refractivity contribution is 1.11. The first-order valence-electron chi connectivity index (χ1n) is 7.99. The number of aromatic nitrogens is 2. The van der Waals surface area contributed by atoms with E-state index in [9.17, 15) is 0 Å². The lowest BCUT2D eigenvalue weighted by atomic mass is 10.0. The second-order valence-corrected chi connectivity index (χ2v) is 12.6. The highest BCUT2D eigenvalue weighted by molar-refractivity contribution is 6.89. The Hall–Kier alpha value is -1.78. The number of benzene rings is 1. The van der Waals surface area contributed by atoms with Crippen molar-refractivity contribution < 1.29 is 0 Å². The van der Waals surface area contributed by atoms with Crippen molar-refractivity contribution in [1.29, 1.82) is 0 Å². The minimum Gasteiger partial charge on any atom is -0.384 e. The monoisotopic (exact) mass is 341 g/mol. The molecular formula is C18H20ClN3Si. The maximum absolute atomic E-state index is 6.53. The average Bonchev–Trinajstić information content (AvgIpc) is 3.10. The van der Waals surface area contributed by atoms with Gasteiger partial charge in [0.1, 0.15) is 5.65 Å². The normalized spacial score (nSPS) is 14.1. The Morgan fingerprint density at radius 1 is 1.17 bits per heavy atom. The van der Waals surface area contributed by atoms with E-state index in [1.54, 1.807) is 6.20 Å². The summed E-state index contributed by atoms with van der Waals surface area (Å²) in [6, 6.07) is 8.60. The Labute approximate surface area is 142 Å². The first-order valence-corrected chi connectivity index (χ1v) is 11.9. The van der Waals surface area contributed by atoms with Crippen molar-refractivity contribution in [3.8, 4) is 11.1 Å². The zero-order valence-corrected chi connectivity index (χ0v) is 15.4. The summed E-state index contributed by atoms with van der Waals surface area (Å²) < 4.78 is 0. The van der Waals surface area contributed by atoms with Gasteiger partial charge in [-0.3, -0.25) is 0 Å². The molecule has 2 N–H and O–H groups in total. The molecule has 0 radical (unpaired) electrons. The second-order valence-electron chi connectivity index (χ2n) is 7.19. The molecule has 2 aromatic heterocycles. The predicted molar refractivity (Wildman–Crippen MR) is 102 cm³/mol. The molecule has 0 amide bonds. The third-order valence-electron chi connectivity index (χ3n) is 4.50. The molecule has 1 aliphatic rings. The molecule has 0 fully saturated rings. The van der Waals surface area contributed by atoms with Gasteiger partial charge in [-0.05, 0) is 29.7 Å². The zero-order chi connectivity index (χ0) is 16.2. The number of hydrogen-bond acceptors (Lipinski definition) is 2. The molecule has 0 atom stereocenters. The van der Waals surface area contributed by atoms with Gasteiger partial charge in [0, 0.05) is 34.7 Å². The van der Waals surface area contributed by atoms with Crippen LogP contribution in [-0.4, -0.2) is 24.6 Å². The van der Waals surface area contributed by atoms with Crippen molar-refractivity contribution in [3.05, 3.63) is 41.0 Å². The van der Waals surface area contributed by atoms with Crippen LogP contribution in [0.15, 0.2) is 30.5 Å². The molecule has 3 nitrogen and oxygen atoms in total. The molecule has 5 heteroatoms. The lowest BCUT2D eigenvalue weighted by Gasteiger charge is -2.18. The first-order chi connectivity index (χ1) is 10.9. The number of H-pyrrole nitrogens is 1. The van der Waals surface area contributed by atoms with Crippen molar-refractivity contribution in [3.63, 3.8) is 0 Å². The summed E-state index contributed by atoms with van der Waals surface area (Å²) in [4.78, 5) is 8.06. The van der Waals surface area contributed by atoms with E-state index in [1.807, 2.05) is 6.07 Å². The molecule has 1 aliphatic heterocycles. The van der Waals surface area contributed by atoms with Gasteiger partial charge in [0.25, 0.3) is 0 Å². The van der Waals surface area contributed by atoms with E-state index in [4.69, 9.17) is 11.6 Å². The maximum Gasteiger partial charge on any atom is 0.139 e. The van der Waals surface area contributed by atoms with Crippen LogP contribution in [-0.2, 0) is 6.42 Å². The summed E-state index contributed by atoms with van der Waals surface area (Å²) in [7, 11) is -1.57. The maximum atomic E-state index is 6.53. The SMILES string of the molecule is C[Si](C)(C)c1[nH]c2nccc(Cl)c2c1-c1ccc2c(c1)NCC2. The summed E-state index contributed by atoms with van der Waals surface area (Å²) in [6.07, 6.45) is 2.87. The van der Waals surface area contributed by atoms with Crippen molar-refractivity contribution >= 4 is 41.7 Å². The van der Waals surface area contributed by atoms with E-state index in [-0.39, 0.29) is 0 Å². The van der Waals surface area contributed by atoms with Crippen molar-refractivity contribution in [1.82, 2.24) is 9.97 Å². The fourth-order valence-corrected chi connectivity index (χ4v) is 5.13. The molecule has 118 valence electrons. The van der Waals surface area contributed by atoms with E-state index in [2.05, 4.69) is 53.1 Å². The molecular weight excluding hydrogens is 322 g/mol. The molecule has 3 heterocycles. The lowest BCUT2D eigenvalue weighted by Crippen LogP contribution is -2.39. The number of anilines is 1. The minimum absolute atomic E-state index is 0.763. The molecule has 0 aliphatic carbocycles. The van der Waals surface area contributed by atoms with Gasteiger partial charge in [0.2, 0.25) is 0 Å². The summed E-state index contributed by atoms with van der Waals surface area (Å²) in [5.74, 6) is 0. The van der Waals surface area contributed by atoms with E-state index < -0.39 is 8.07 Å². The van der Waals surface area contributed by atoms with Crippen molar-refractivity contribution in [2.45, 2.75) is 26.1 Å². The summed E-state index contributed by atoms with van der Waals surface area (Å²) in [5.41, 5.74) is 5.98. The van der Waals surface area contributed by atoms with Gasteiger partial charge < -0.3 is 10.3 Å². The molecule has 4 rings (SSSR count). The average molecular weight is 342 g/mol. The number of halogens is 1. The number of rotatable bonds is 2. The van der Waals surface area contributed by atoms with Crippen LogP contribution in [0.3, 0.4) is 0 Å². The van der Waals surface area contributed by atoms with E-state index >= 15 is 0 Å². The van der Waals surface area contributed by atoms with Crippen LogP contribution in [0.25, 0.3) is 22.2 Å². The van der Waals surface area contributed by atoms with Gasteiger partial charge in [-0.2, -0.15) is 0 Å². The smallest absolute Gasteiger partial charge is 0.139 e. The fourth-order valence-electron chi connectivity index (χ4n) is 3.37. The largest absolute Gasteiger partial charge is 0.384 e. The molecule has 0 spiro atoms. The number of hydrogen-bond donors (Lipinski definition) is 2. The Bertz CT molecular complexity index is 909. The van der Waals surface area contributed by atoms with Crippen molar-refractivity contribution in [2.75, 3.05) is 11.9 Å². The molecule has 0 saturated heterocycles. The predicted octanol–water partition coefficient (Wildman–Crippen LogP) is 4.40. The van der Waals surface area contributed by atoms with Crippen molar-refractivity contribution in [2.24, 2.45) is 0 Å². The Morgan fingerprint density at radius 2 is 2.00 bits per heavy atom. The third-order valence-corrected chi connectivity index (χ3v) is 6.69. The van der Waals surface area contributed by atoms with Crippen LogP contribution in [0.1, 0.15) is 5.56 Å². The summed E-state index contributed by atoms with van der Waals surface area (Å²) in [5, 5.41) is 6.60. The van der Waals surface area contributed by atoms with Gasteiger partial charge >= 0.3 is 0 Å². The quantitative estimate of drug-likeness (QED) is 0.678. The van der Waals surface area contributed by atoms with Crippen LogP contribution >= 0.6 is 11.6 Å². The number of aromatic amines is 1. The number of nitrogens with zero attached hydrogens (tertiary/aromatic N) is 1. The summed E-state index contributed by atoms with van der Waals surface area (Å²) >= 11 is 6.53. The highest BCUT2D eigenvalue weighted by Crippen LogP contribution is 2.36. The first kappa shape index (κ1) is 14.8. The zero-order valence-electron chi connectivity index (χ0n) is 13.6. The highest BCUT2D eigenvalue weighted by Gasteiger charge is 2.27. The number of nitrogens with one attached hydrogen (secondary N) is 2. The standard InChI is InChI=1S/C18H20ClN3Si/c1-23(2,3)18-15(16-13(19)7-9-21-17(16)22-18)12-5-4-11-6-8-20-14(11)10-12/h4-5,7,9-10,20H,6,8H2,1-3H3,(H,21,22). The van der Waals surface area contributed by atoms with Gasteiger partial charge in [0.15, 0.2) is 0 Å². The molecule has 0 saturated carbocycles. The number of pyridine rings is 1. The molecule has 1 aromatic carbocycles. The van der Waals surface area contributed by atoms with E-state index in [0.29, 0.717) is 0 Å². The van der Waals surface area contributed by atoms with Crippen LogP contribution in [0.2, 0.25) is 24.7 Å². The second kappa shape index (κ2) is 5.11. The third kappa shape index (κ3) is 2.37. The van der Waals surface area contributed by atoms with Gasteiger partial charge in [-0.15, -0.1) is 0 Å². The Balaban J connectivity index is 2.05. The van der Waals surface area contributed by atoms with Crippen LogP contribution in [0.5, 0.6) is 0 Å².